The molecule has 1 heterocycles. The van der Waals surface area contributed by atoms with Crippen LogP contribution in [0.2, 0.25) is 0 Å². The smallest absolute Gasteiger partial charge is 0.238 e. The van der Waals surface area contributed by atoms with Crippen LogP contribution in [0.1, 0.15) is 31.2 Å². The zero-order valence-corrected chi connectivity index (χ0v) is 24.2. The molecule has 1 N–H and O–H groups in total. The van der Waals surface area contributed by atoms with Gasteiger partial charge in [-0.15, -0.1) is 0 Å². The van der Waals surface area contributed by atoms with E-state index in [4.69, 9.17) is 9.47 Å². The molecule has 1 saturated heterocycles. The van der Waals surface area contributed by atoms with Crippen molar-refractivity contribution in [1.29, 1.82) is 0 Å². The quantitative estimate of drug-likeness (QED) is 0.222. The first-order chi connectivity index (χ1) is 19.2. The van der Waals surface area contributed by atoms with Crippen LogP contribution in [0.3, 0.4) is 0 Å². The van der Waals surface area contributed by atoms with Crippen molar-refractivity contribution in [2.75, 3.05) is 19.1 Å². The number of imide groups is 1. The van der Waals surface area contributed by atoms with E-state index in [2.05, 4.69) is 22.6 Å². The van der Waals surface area contributed by atoms with Crippen LogP contribution in [0.5, 0.6) is 17.2 Å². The predicted molar refractivity (Wildman–Crippen MR) is 154 cm³/mol. The molecule has 0 unspecified atom stereocenters. The van der Waals surface area contributed by atoms with Gasteiger partial charge in [0, 0.05) is 26.2 Å². The second-order valence-corrected chi connectivity index (χ2v) is 11.7. The molecule has 2 aromatic carbocycles. The number of carbonyl (C=O) groups is 4. The molecule has 4 aliphatic rings. The molecular weight excluding hydrogens is 625 g/mol. The number of aromatic hydroxyl groups is 1. The Balaban J connectivity index is 1.51. The summed E-state index contributed by atoms with van der Waals surface area (Å²) in [6.07, 6.45) is 3.85. The molecule has 2 amide bonds. The maximum atomic E-state index is 14.0. The van der Waals surface area contributed by atoms with E-state index in [0.29, 0.717) is 34.4 Å². The van der Waals surface area contributed by atoms with E-state index in [1.807, 2.05) is 18.2 Å². The van der Waals surface area contributed by atoms with Gasteiger partial charge in [-0.05, 0) is 96.3 Å². The molecule has 3 aliphatic carbocycles. The second-order valence-electron chi connectivity index (χ2n) is 10.5. The Labute approximate surface area is 244 Å². The van der Waals surface area contributed by atoms with Crippen molar-refractivity contribution in [1.82, 2.24) is 0 Å². The summed E-state index contributed by atoms with van der Waals surface area (Å²) in [7, 11) is 2.83. The number of fused-ring (bicyclic) bond motifs is 3. The highest BCUT2D eigenvalue weighted by molar-refractivity contribution is 14.1. The molecule has 8 nitrogen and oxygen atoms in total. The van der Waals surface area contributed by atoms with Crippen LogP contribution in [0.15, 0.2) is 70.8 Å². The number of benzene rings is 2. The largest absolute Gasteiger partial charge is 0.502 e. The Morgan fingerprint density at radius 1 is 0.950 bits per heavy atom. The van der Waals surface area contributed by atoms with Crippen LogP contribution in [0.4, 0.5) is 5.69 Å². The van der Waals surface area contributed by atoms with Crippen LogP contribution in [-0.4, -0.2) is 42.7 Å². The zero-order valence-electron chi connectivity index (χ0n) is 22.1. The number of rotatable bonds is 4. The number of allylic oxidation sites excluding steroid dienone is 6. The van der Waals surface area contributed by atoms with Crippen LogP contribution in [0, 0.1) is 21.3 Å². The lowest BCUT2D eigenvalue weighted by atomic mass is 9.59. The van der Waals surface area contributed by atoms with E-state index in [-0.39, 0.29) is 47.1 Å². The second kappa shape index (κ2) is 9.72. The molecule has 0 aromatic heterocycles. The summed E-state index contributed by atoms with van der Waals surface area (Å²) in [4.78, 5) is 55.8. The monoisotopic (exact) mass is 651 g/mol. The number of amides is 2. The van der Waals surface area contributed by atoms with E-state index >= 15 is 0 Å². The van der Waals surface area contributed by atoms with E-state index in [1.54, 1.807) is 31.2 Å². The third-order valence-corrected chi connectivity index (χ3v) is 9.20. The summed E-state index contributed by atoms with van der Waals surface area (Å²) in [5, 5.41) is 10.6. The summed E-state index contributed by atoms with van der Waals surface area (Å²) in [5.41, 5.74) is 3.00. The molecule has 9 heteroatoms. The summed E-state index contributed by atoms with van der Waals surface area (Å²) in [6.45, 7) is 1.61. The first kappa shape index (κ1) is 26.5. The number of ether oxygens (including phenoxy) is 2. The number of carbonyl (C=O) groups excluding carboxylic acids is 4. The maximum Gasteiger partial charge on any atom is 0.238 e. The molecule has 0 spiro atoms. The average molecular weight is 651 g/mol. The van der Waals surface area contributed by atoms with Crippen molar-refractivity contribution < 1.29 is 33.8 Å². The molecule has 6 rings (SSSR count). The Bertz CT molecular complexity index is 1570. The number of methoxy groups -OCH3 is 2. The lowest BCUT2D eigenvalue weighted by molar-refractivity contribution is -0.123. The number of phenolic OH excluding ortho intramolecular Hbond substituents is 1. The first-order valence-electron chi connectivity index (χ1n) is 12.9. The summed E-state index contributed by atoms with van der Waals surface area (Å²) >= 11 is 2.17. The predicted octanol–water partition coefficient (Wildman–Crippen LogP) is 4.65. The van der Waals surface area contributed by atoms with Gasteiger partial charge < -0.3 is 14.6 Å². The van der Waals surface area contributed by atoms with Gasteiger partial charge in [0.1, 0.15) is 0 Å². The Morgan fingerprint density at radius 3 is 2.23 bits per heavy atom. The third kappa shape index (κ3) is 3.85. The fourth-order valence-electron chi connectivity index (χ4n) is 6.69. The van der Waals surface area contributed by atoms with Gasteiger partial charge in [-0.25, -0.2) is 0 Å². The minimum Gasteiger partial charge on any atom is -0.502 e. The van der Waals surface area contributed by atoms with Crippen molar-refractivity contribution in [3.8, 4) is 17.2 Å². The number of phenols is 1. The van der Waals surface area contributed by atoms with E-state index in [1.165, 1.54) is 25.2 Å². The fraction of sp³-hybridized carbons (Fsp3) is 0.290. The molecule has 1 aliphatic heterocycles. The van der Waals surface area contributed by atoms with Crippen molar-refractivity contribution >= 4 is 51.7 Å². The number of ketones is 2. The van der Waals surface area contributed by atoms with Gasteiger partial charge in [0.2, 0.25) is 17.6 Å². The number of hydrogen-bond acceptors (Lipinski definition) is 7. The number of anilines is 1. The molecule has 4 atom stereocenters. The minimum absolute atomic E-state index is 0.159. The summed E-state index contributed by atoms with van der Waals surface area (Å²) < 4.78 is 11.8. The van der Waals surface area contributed by atoms with E-state index in [9.17, 15) is 24.3 Å². The highest BCUT2D eigenvalue weighted by Gasteiger charge is 2.56. The average Bonchev–Trinajstić information content (AvgIpc) is 3.21. The molecule has 0 bridgehead atoms. The van der Waals surface area contributed by atoms with Crippen LogP contribution < -0.4 is 14.4 Å². The lowest BCUT2D eigenvalue weighted by Gasteiger charge is -2.42. The van der Waals surface area contributed by atoms with Gasteiger partial charge in [-0.3, -0.25) is 24.1 Å². The van der Waals surface area contributed by atoms with Gasteiger partial charge in [0.05, 0.1) is 31.7 Å². The third-order valence-electron chi connectivity index (χ3n) is 8.48. The number of halogens is 1. The molecule has 2 aromatic rings. The molecule has 40 heavy (non-hydrogen) atoms. The van der Waals surface area contributed by atoms with Crippen molar-refractivity contribution in [3.63, 3.8) is 0 Å². The molecule has 0 radical (unpaired) electrons. The van der Waals surface area contributed by atoms with Crippen molar-refractivity contribution in [2.24, 2.45) is 17.8 Å². The van der Waals surface area contributed by atoms with Crippen LogP contribution >= 0.6 is 22.6 Å². The topological polar surface area (TPSA) is 110 Å². The highest BCUT2D eigenvalue weighted by atomic mass is 127. The van der Waals surface area contributed by atoms with Crippen LogP contribution in [-0.2, 0) is 19.2 Å². The van der Waals surface area contributed by atoms with Gasteiger partial charge in [0.15, 0.2) is 23.1 Å². The van der Waals surface area contributed by atoms with Crippen LogP contribution in [0.25, 0.3) is 0 Å². The normalized spacial score (nSPS) is 25.8. The number of nitrogens with zero attached hydrogens (tertiary/aromatic N) is 1. The standard InChI is InChI=1S/C31H26INO7/c1-14-10-22(34)27-21(28(14)35)13-20-18(25(27)15-11-23(39-2)29(36)24(12-15)40-3)8-9-19-26(20)31(38)33(30(19)37)17-6-4-16(32)5-7-17/h4-8,10-12,19-20,25-26,36H,9,13H2,1-3H3/t19-,20+,25-,26-/m0/s1. The van der Waals surface area contributed by atoms with Gasteiger partial charge >= 0.3 is 0 Å². The van der Waals surface area contributed by atoms with Gasteiger partial charge in [-0.2, -0.15) is 0 Å². The summed E-state index contributed by atoms with van der Waals surface area (Å²) in [5.74, 6) is -3.26. The van der Waals surface area contributed by atoms with Crippen molar-refractivity contribution in [2.45, 2.75) is 25.7 Å². The summed E-state index contributed by atoms with van der Waals surface area (Å²) in [6, 6.07) is 10.5. The van der Waals surface area contributed by atoms with E-state index < -0.39 is 23.7 Å². The molecule has 204 valence electrons. The zero-order chi connectivity index (χ0) is 28.5. The number of Topliss-reactive ketones (excluding diaryl/α,β-unsaturated/α-hetero) is 1. The molecule has 1 fully saturated rings. The van der Waals surface area contributed by atoms with Crippen molar-refractivity contribution in [3.05, 3.63) is 80.0 Å². The first-order valence-corrected chi connectivity index (χ1v) is 14.0. The molecular formula is C31H26INO7. The van der Waals surface area contributed by atoms with Gasteiger partial charge in [0.25, 0.3) is 0 Å². The van der Waals surface area contributed by atoms with Gasteiger partial charge in [-0.1, -0.05) is 11.6 Å². The Morgan fingerprint density at radius 2 is 1.60 bits per heavy atom. The fourth-order valence-corrected chi connectivity index (χ4v) is 7.05. The number of hydrogen-bond donors (Lipinski definition) is 1. The Kier molecular flexibility index (Phi) is 6.44. The van der Waals surface area contributed by atoms with E-state index in [0.717, 1.165) is 9.14 Å². The maximum absolute atomic E-state index is 14.0. The Hall–Kier alpha value is -3.73. The lowest BCUT2D eigenvalue weighted by Crippen LogP contribution is -2.39. The SMILES string of the molecule is COc1cc([C@H]2C3=CC[C@@H]4C(=O)N(c5ccc(I)cc5)C(=O)[C@@H]4[C@@H]3CC3=C2C(=O)C=C(C)C3=O)cc(OC)c1O. The highest BCUT2D eigenvalue weighted by Crippen LogP contribution is 2.56. The molecule has 0 saturated carbocycles. The minimum atomic E-state index is -0.672.